The van der Waals surface area contributed by atoms with Gasteiger partial charge < -0.3 is 10.2 Å². The Bertz CT molecular complexity index is 292. The quantitative estimate of drug-likeness (QED) is 0.525. The SMILES string of the molecule is O=C(O)CC(C(=O)O)S(=O)(=O)O.S. The third-order valence-corrected chi connectivity index (χ3v) is 2.08. The zero-order valence-corrected chi connectivity index (χ0v) is 7.98. The summed E-state index contributed by atoms with van der Waals surface area (Å²) in [6.07, 6.45) is -1.16. The van der Waals surface area contributed by atoms with Crippen LogP contribution in [0.2, 0.25) is 0 Å². The van der Waals surface area contributed by atoms with Gasteiger partial charge in [0.05, 0.1) is 6.42 Å². The fraction of sp³-hybridized carbons (Fsp3) is 0.500. The van der Waals surface area contributed by atoms with Gasteiger partial charge in [0.1, 0.15) is 0 Å². The average Bonchev–Trinajstić information content (AvgIpc) is 1.79. The van der Waals surface area contributed by atoms with Crippen LogP contribution in [0.5, 0.6) is 0 Å². The average molecular weight is 232 g/mol. The van der Waals surface area contributed by atoms with Crippen LogP contribution in [0.25, 0.3) is 0 Å². The molecule has 0 aromatic heterocycles. The van der Waals surface area contributed by atoms with Crippen LogP contribution in [-0.2, 0) is 19.7 Å². The van der Waals surface area contributed by atoms with Gasteiger partial charge in [0.25, 0.3) is 10.1 Å². The van der Waals surface area contributed by atoms with Crippen LogP contribution >= 0.6 is 13.5 Å². The Balaban J connectivity index is 0. The topological polar surface area (TPSA) is 129 Å². The van der Waals surface area contributed by atoms with E-state index in [0.717, 1.165) is 0 Å². The summed E-state index contributed by atoms with van der Waals surface area (Å²) in [5, 5.41) is 13.9. The van der Waals surface area contributed by atoms with Gasteiger partial charge in [-0.2, -0.15) is 21.9 Å². The molecule has 0 aliphatic heterocycles. The van der Waals surface area contributed by atoms with Crippen molar-refractivity contribution in [2.75, 3.05) is 0 Å². The molecule has 1 unspecified atom stereocenters. The predicted octanol–water partition coefficient (Wildman–Crippen LogP) is -1.09. The molecular weight excluding hydrogens is 224 g/mol. The van der Waals surface area contributed by atoms with Crippen LogP contribution in [0.3, 0.4) is 0 Å². The molecule has 9 heteroatoms. The molecule has 0 heterocycles. The van der Waals surface area contributed by atoms with Crippen LogP contribution in [-0.4, -0.2) is 40.4 Å². The molecule has 0 amide bonds. The van der Waals surface area contributed by atoms with Gasteiger partial charge in [-0.3, -0.25) is 14.1 Å². The molecule has 0 aliphatic carbocycles. The lowest BCUT2D eigenvalue weighted by Gasteiger charge is -2.04. The van der Waals surface area contributed by atoms with Gasteiger partial charge in [0.2, 0.25) is 0 Å². The Kier molecular flexibility index (Phi) is 5.71. The molecule has 0 aromatic rings. The minimum absolute atomic E-state index is 0. The lowest BCUT2D eigenvalue weighted by Crippen LogP contribution is -2.31. The van der Waals surface area contributed by atoms with E-state index in [2.05, 4.69) is 0 Å². The summed E-state index contributed by atoms with van der Waals surface area (Å²) in [5.74, 6) is -3.50. The first-order valence-electron chi connectivity index (χ1n) is 2.66. The summed E-state index contributed by atoms with van der Waals surface area (Å²) < 4.78 is 28.7. The maximum absolute atomic E-state index is 10.2. The van der Waals surface area contributed by atoms with Crippen LogP contribution in [0.4, 0.5) is 0 Å². The molecule has 0 rings (SSSR count). The smallest absolute Gasteiger partial charge is 0.325 e. The van der Waals surface area contributed by atoms with E-state index in [0.29, 0.717) is 0 Å². The highest BCUT2D eigenvalue weighted by atomic mass is 32.2. The van der Waals surface area contributed by atoms with Crippen molar-refractivity contribution in [1.29, 1.82) is 0 Å². The summed E-state index contributed by atoms with van der Waals surface area (Å²) in [5.41, 5.74) is 0. The van der Waals surface area contributed by atoms with Crippen LogP contribution in [0.15, 0.2) is 0 Å². The number of hydrogen-bond acceptors (Lipinski definition) is 4. The lowest BCUT2D eigenvalue weighted by atomic mass is 10.3. The Morgan fingerprint density at radius 3 is 1.69 bits per heavy atom. The van der Waals surface area contributed by atoms with Gasteiger partial charge in [-0.25, -0.2) is 0 Å². The summed E-state index contributed by atoms with van der Waals surface area (Å²) >= 11 is 0. The van der Waals surface area contributed by atoms with E-state index >= 15 is 0 Å². The molecule has 3 N–H and O–H groups in total. The van der Waals surface area contributed by atoms with Gasteiger partial charge in [-0.05, 0) is 0 Å². The van der Waals surface area contributed by atoms with E-state index in [4.69, 9.17) is 14.8 Å². The molecular formula is C4H8O7S2. The highest BCUT2D eigenvalue weighted by molar-refractivity contribution is 7.87. The summed E-state index contributed by atoms with van der Waals surface area (Å²) in [7, 11) is -4.84. The van der Waals surface area contributed by atoms with Crippen LogP contribution < -0.4 is 0 Å². The number of carbonyl (C=O) groups is 2. The molecule has 0 aliphatic rings. The number of carboxylic acid groups (broad SMARTS) is 2. The molecule has 0 spiro atoms. The normalized spacial score (nSPS) is 12.7. The van der Waals surface area contributed by atoms with Gasteiger partial charge in [0.15, 0.2) is 5.25 Å². The second kappa shape index (κ2) is 5.04. The first-order valence-corrected chi connectivity index (χ1v) is 4.16. The minimum atomic E-state index is -4.84. The molecule has 0 bridgehead atoms. The Hall–Kier alpha value is -0.800. The highest BCUT2D eigenvalue weighted by Crippen LogP contribution is 2.04. The number of carboxylic acids is 2. The van der Waals surface area contributed by atoms with Crippen LogP contribution in [0, 0.1) is 0 Å². The predicted molar refractivity (Wildman–Crippen MR) is 45.6 cm³/mol. The molecule has 0 fully saturated rings. The third kappa shape index (κ3) is 5.44. The van der Waals surface area contributed by atoms with E-state index in [1.165, 1.54) is 0 Å². The van der Waals surface area contributed by atoms with E-state index in [9.17, 15) is 18.0 Å². The van der Waals surface area contributed by atoms with Crippen molar-refractivity contribution in [3.8, 4) is 0 Å². The summed E-state index contributed by atoms with van der Waals surface area (Å²) in [6.45, 7) is 0. The summed E-state index contributed by atoms with van der Waals surface area (Å²) in [6, 6.07) is 0. The maximum Gasteiger partial charge on any atom is 0.325 e. The van der Waals surface area contributed by atoms with Crippen molar-refractivity contribution in [3.63, 3.8) is 0 Å². The molecule has 13 heavy (non-hydrogen) atoms. The third-order valence-electron chi connectivity index (χ3n) is 0.995. The van der Waals surface area contributed by atoms with Gasteiger partial charge in [-0.1, -0.05) is 0 Å². The summed E-state index contributed by atoms with van der Waals surface area (Å²) in [4.78, 5) is 20.0. The Morgan fingerprint density at radius 2 is 1.62 bits per heavy atom. The Morgan fingerprint density at radius 1 is 1.23 bits per heavy atom. The van der Waals surface area contributed by atoms with Crippen molar-refractivity contribution < 1.29 is 32.8 Å². The molecule has 78 valence electrons. The number of hydrogen-bond donors (Lipinski definition) is 3. The van der Waals surface area contributed by atoms with Crippen molar-refractivity contribution in [2.45, 2.75) is 11.7 Å². The van der Waals surface area contributed by atoms with Gasteiger partial charge in [-0.15, -0.1) is 0 Å². The van der Waals surface area contributed by atoms with Gasteiger partial charge in [0, 0.05) is 0 Å². The van der Waals surface area contributed by atoms with Crippen LogP contribution in [0.1, 0.15) is 6.42 Å². The first kappa shape index (κ1) is 14.7. The second-order valence-corrected chi connectivity index (χ2v) is 3.54. The molecule has 1 atom stereocenters. The van der Waals surface area contributed by atoms with Crippen molar-refractivity contribution in [1.82, 2.24) is 0 Å². The molecule has 0 saturated carbocycles. The van der Waals surface area contributed by atoms with E-state index in [1.807, 2.05) is 0 Å². The standard InChI is InChI=1S/C4H6O7S.H2S/c5-3(6)1-2(4(7)8)12(9,10)11;/h2H,1H2,(H,5,6)(H,7,8)(H,9,10,11);1H2. The highest BCUT2D eigenvalue weighted by Gasteiger charge is 2.33. The molecule has 0 radical (unpaired) electrons. The first-order chi connectivity index (χ1) is 5.25. The van der Waals surface area contributed by atoms with Crippen molar-refractivity contribution >= 4 is 35.6 Å². The minimum Gasteiger partial charge on any atom is -0.481 e. The fourth-order valence-electron chi connectivity index (χ4n) is 0.479. The molecule has 0 aromatic carbocycles. The fourth-order valence-corrected chi connectivity index (χ4v) is 1.09. The van der Waals surface area contributed by atoms with Gasteiger partial charge >= 0.3 is 11.9 Å². The molecule has 7 nitrogen and oxygen atoms in total. The number of rotatable bonds is 4. The largest absolute Gasteiger partial charge is 0.481 e. The zero-order chi connectivity index (χ0) is 9.94. The van der Waals surface area contributed by atoms with Crippen molar-refractivity contribution in [2.24, 2.45) is 0 Å². The zero-order valence-electron chi connectivity index (χ0n) is 6.17. The second-order valence-electron chi connectivity index (χ2n) is 1.94. The lowest BCUT2D eigenvalue weighted by molar-refractivity contribution is -0.143. The number of aliphatic carboxylic acids is 2. The maximum atomic E-state index is 10.2. The van der Waals surface area contributed by atoms with Crippen molar-refractivity contribution in [3.05, 3.63) is 0 Å². The van der Waals surface area contributed by atoms with E-state index in [-0.39, 0.29) is 13.5 Å². The molecule has 0 saturated heterocycles. The van der Waals surface area contributed by atoms with E-state index in [1.54, 1.807) is 0 Å². The Labute approximate surface area is 80.6 Å². The van der Waals surface area contributed by atoms with E-state index < -0.39 is 33.7 Å². The monoisotopic (exact) mass is 232 g/mol.